The summed E-state index contributed by atoms with van der Waals surface area (Å²) in [4.78, 5) is 0. The number of hydrogen-bond donors (Lipinski definition) is 0. The molecule has 2 rings (SSSR count). The molecule has 3 nitrogen and oxygen atoms in total. The molecule has 11 heavy (non-hydrogen) atoms. The largest absolute Gasteiger partial charge is 0.377 e. The Bertz CT molecular complexity index is 248. The lowest BCUT2D eigenvalue weighted by atomic mass is 10.3. The van der Waals surface area contributed by atoms with Crippen molar-refractivity contribution in [1.82, 2.24) is 9.78 Å². The van der Waals surface area contributed by atoms with Crippen molar-refractivity contribution >= 4 is 11.6 Å². The van der Waals surface area contributed by atoms with E-state index in [1.54, 1.807) is 0 Å². The van der Waals surface area contributed by atoms with Crippen LogP contribution in [0.25, 0.3) is 0 Å². The lowest BCUT2D eigenvalue weighted by Gasteiger charge is -2.25. The first-order chi connectivity index (χ1) is 5.27. The summed E-state index contributed by atoms with van der Waals surface area (Å²) in [5.41, 5.74) is 0.888. The first kappa shape index (κ1) is 7.13. The van der Waals surface area contributed by atoms with Gasteiger partial charge in [0.2, 0.25) is 0 Å². The monoisotopic (exact) mass is 172 g/mol. The van der Waals surface area contributed by atoms with Gasteiger partial charge in [0, 0.05) is 6.20 Å². The van der Waals surface area contributed by atoms with E-state index in [1.807, 2.05) is 17.8 Å². The molecule has 1 aliphatic heterocycles. The van der Waals surface area contributed by atoms with Gasteiger partial charge in [0.05, 0.1) is 30.0 Å². The summed E-state index contributed by atoms with van der Waals surface area (Å²) in [7, 11) is 0. The minimum absolute atomic E-state index is 0.404. The van der Waals surface area contributed by atoms with Crippen LogP contribution in [0.2, 0.25) is 5.02 Å². The predicted molar refractivity (Wildman–Crippen MR) is 41.8 cm³/mol. The van der Waals surface area contributed by atoms with Gasteiger partial charge in [-0.15, -0.1) is 0 Å². The molecule has 1 aromatic heterocycles. The summed E-state index contributed by atoms with van der Waals surface area (Å²) in [5, 5.41) is 4.97. The van der Waals surface area contributed by atoms with Gasteiger partial charge >= 0.3 is 0 Å². The van der Waals surface area contributed by atoms with Crippen LogP contribution in [0.1, 0.15) is 11.7 Å². The number of hydrogen-bond acceptors (Lipinski definition) is 2. The van der Waals surface area contributed by atoms with Crippen molar-refractivity contribution in [3.8, 4) is 0 Å². The fourth-order valence-corrected chi connectivity index (χ4v) is 1.16. The van der Waals surface area contributed by atoms with E-state index >= 15 is 0 Å². The zero-order valence-electron chi connectivity index (χ0n) is 6.25. The molecule has 60 valence electrons. The topological polar surface area (TPSA) is 27.1 Å². The maximum absolute atomic E-state index is 5.83. The molecule has 1 aromatic rings. The molecule has 0 aliphatic carbocycles. The van der Waals surface area contributed by atoms with Crippen LogP contribution in [0.3, 0.4) is 0 Å². The van der Waals surface area contributed by atoms with Gasteiger partial charge in [-0.3, -0.25) is 4.68 Å². The molecule has 1 fully saturated rings. The van der Waals surface area contributed by atoms with Gasteiger partial charge in [-0.1, -0.05) is 11.6 Å². The van der Waals surface area contributed by atoms with Crippen LogP contribution in [0.4, 0.5) is 0 Å². The maximum atomic E-state index is 5.83. The molecule has 0 aromatic carbocycles. The molecular formula is C7H9ClN2O. The van der Waals surface area contributed by atoms with Crippen LogP contribution in [0, 0.1) is 6.92 Å². The smallest absolute Gasteiger partial charge is 0.0986 e. The summed E-state index contributed by atoms with van der Waals surface area (Å²) >= 11 is 5.83. The van der Waals surface area contributed by atoms with E-state index in [9.17, 15) is 0 Å². The molecule has 1 saturated heterocycles. The molecule has 4 heteroatoms. The first-order valence-electron chi connectivity index (χ1n) is 3.56. The molecule has 2 heterocycles. The lowest BCUT2D eigenvalue weighted by Crippen LogP contribution is -2.30. The Balaban J connectivity index is 2.24. The lowest BCUT2D eigenvalue weighted by molar-refractivity contribution is -0.0287. The number of rotatable bonds is 1. The van der Waals surface area contributed by atoms with E-state index < -0.39 is 0 Å². The second-order valence-corrected chi connectivity index (χ2v) is 3.14. The average Bonchev–Trinajstić information content (AvgIpc) is 2.08. The van der Waals surface area contributed by atoms with E-state index in [2.05, 4.69) is 5.10 Å². The van der Waals surface area contributed by atoms with E-state index in [4.69, 9.17) is 16.3 Å². The summed E-state index contributed by atoms with van der Waals surface area (Å²) in [6, 6.07) is 0.404. The van der Waals surface area contributed by atoms with Gasteiger partial charge in [-0.25, -0.2) is 0 Å². The molecule has 0 unspecified atom stereocenters. The van der Waals surface area contributed by atoms with Crippen LogP contribution < -0.4 is 0 Å². The predicted octanol–water partition coefficient (Wildman–Crippen LogP) is 1.42. The van der Waals surface area contributed by atoms with Gasteiger partial charge in [0.25, 0.3) is 0 Å². The third kappa shape index (κ3) is 1.14. The van der Waals surface area contributed by atoms with E-state index in [1.165, 1.54) is 0 Å². The Hall–Kier alpha value is -0.540. The highest BCUT2D eigenvalue weighted by Gasteiger charge is 2.21. The Kier molecular flexibility index (Phi) is 1.62. The molecule has 0 bridgehead atoms. The maximum Gasteiger partial charge on any atom is 0.0986 e. The van der Waals surface area contributed by atoms with E-state index in [0.717, 1.165) is 23.9 Å². The normalized spacial score (nSPS) is 18.4. The Morgan fingerprint density at radius 2 is 2.45 bits per heavy atom. The first-order valence-corrected chi connectivity index (χ1v) is 3.94. The van der Waals surface area contributed by atoms with Gasteiger partial charge in [0.15, 0.2) is 0 Å². The molecule has 1 aliphatic rings. The highest BCUT2D eigenvalue weighted by atomic mass is 35.5. The van der Waals surface area contributed by atoms with Crippen molar-refractivity contribution in [3.05, 3.63) is 16.9 Å². The van der Waals surface area contributed by atoms with Gasteiger partial charge < -0.3 is 4.74 Å². The van der Waals surface area contributed by atoms with Gasteiger partial charge in [0.1, 0.15) is 0 Å². The highest BCUT2D eigenvalue weighted by molar-refractivity contribution is 6.31. The second kappa shape index (κ2) is 2.50. The average molecular weight is 173 g/mol. The highest BCUT2D eigenvalue weighted by Crippen LogP contribution is 2.20. The molecule has 0 amide bonds. The standard InChI is InChI=1S/C7H9ClN2O/c1-5-7(8)2-10(9-5)6-3-11-4-6/h2,6H,3-4H2,1H3. The molecule has 0 saturated carbocycles. The van der Waals surface area contributed by atoms with Crippen molar-refractivity contribution in [2.24, 2.45) is 0 Å². The number of ether oxygens (including phenoxy) is 1. The number of aryl methyl sites for hydroxylation is 1. The van der Waals surface area contributed by atoms with Crippen LogP contribution in [-0.2, 0) is 4.74 Å². The number of nitrogens with zero attached hydrogens (tertiary/aromatic N) is 2. The molecular weight excluding hydrogens is 164 g/mol. The third-order valence-corrected chi connectivity index (χ3v) is 2.22. The quantitative estimate of drug-likeness (QED) is 0.641. The van der Waals surface area contributed by atoms with E-state index in [-0.39, 0.29) is 0 Å². The summed E-state index contributed by atoms with van der Waals surface area (Å²) in [5.74, 6) is 0. The van der Waals surface area contributed by atoms with Crippen LogP contribution in [-0.4, -0.2) is 23.0 Å². The minimum atomic E-state index is 0.404. The molecule has 0 spiro atoms. The van der Waals surface area contributed by atoms with Crippen molar-refractivity contribution in [1.29, 1.82) is 0 Å². The third-order valence-electron chi connectivity index (χ3n) is 1.85. The fourth-order valence-electron chi connectivity index (χ4n) is 1.02. The molecule has 0 N–H and O–H groups in total. The SMILES string of the molecule is Cc1nn(C2COC2)cc1Cl. The van der Waals surface area contributed by atoms with Gasteiger partial charge in [-0.05, 0) is 6.92 Å². The van der Waals surface area contributed by atoms with Crippen LogP contribution in [0.5, 0.6) is 0 Å². The van der Waals surface area contributed by atoms with Crippen molar-refractivity contribution < 1.29 is 4.74 Å². The van der Waals surface area contributed by atoms with E-state index in [0.29, 0.717) is 6.04 Å². The number of aromatic nitrogens is 2. The summed E-state index contributed by atoms with van der Waals surface area (Å²) in [6.07, 6.45) is 1.85. The Morgan fingerprint density at radius 3 is 2.82 bits per heavy atom. The Labute approximate surface area is 69.9 Å². The van der Waals surface area contributed by atoms with Crippen LogP contribution in [0.15, 0.2) is 6.20 Å². The second-order valence-electron chi connectivity index (χ2n) is 2.73. The molecule has 0 radical (unpaired) electrons. The molecule has 0 atom stereocenters. The summed E-state index contributed by atoms with van der Waals surface area (Å²) < 4.78 is 6.91. The van der Waals surface area contributed by atoms with Crippen LogP contribution >= 0.6 is 11.6 Å². The zero-order chi connectivity index (χ0) is 7.84. The van der Waals surface area contributed by atoms with Crippen molar-refractivity contribution in [3.63, 3.8) is 0 Å². The summed E-state index contributed by atoms with van der Waals surface area (Å²) in [6.45, 7) is 3.42. The van der Waals surface area contributed by atoms with Crippen molar-refractivity contribution in [2.45, 2.75) is 13.0 Å². The Morgan fingerprint density at radius 1 is 1.73 bits per heavy atom. The number of halogens is 1. The zero-order valence-corrected chi connectivity index (χ0v) is 7.01. The van der Waals surface area contributed by atoms with Crippen molar-refractivity contribution in [2.75, 3.05) is 13.2 Å². The van der Waals surface area contributed by atoms with Gasteiger partial charge in [-0.2, -0.15) is 5.10 Å². The minimum Gasteiger partial charge on any atom is -0.377 e. The fraction of sp³-hybridized carbons (Fsp3) is 0.571.